The van der Waals surface area contributed by atoms with Crippen LogP contribution in [0.1, 0.15) is 57.4 Å². The Kier molecular flexibility index (Phi) is 16.5. The van der Waals surface area contributed by atoms with E-state index in [0.29, 0.717) is 19.3 Å². The van der Waals surface area contributed by atoms with Crippen LogP contribution < -0.4 is 38.1 Å². The van der Waals surface area contributed by atoms with Gasteiger partial charge in [-0.25, -0.2) is 0 Å². The van der Waals surface area contributed by atoms with E-state index in [0.717, 1.165) is 36.2 Å². The molecule has 5 amide bonds. The second-order valence-corrected chi connectivity index (χ2v) is 12.0. The average molecular weight is 645 g/mol. The van der Waals surface area contributed by atoms with Crippen LogP contribution in [0.2, 0.25) is 0 Å². The number of benzene rings is 1. The molecule has 1 aromatic rings. The molecule has 0 radical (unpaired) electrons. The zero-order valence-electron chi connectivity index (χ0n) is 26.2. The molecule has 248 valence electrons. The molecule has 0 aromatic heterocycles. The Morgan fingerprint density at radius 1 is 0.844 bits per heavy atom. The number of amides is 5. The maximum Gasteiger partial charge on any atom is 0.243 e. The molecule has 0 aliphatic carbocycles. The third kappa shape index (κ3) is 14.5. The largest absolute Gasteiger partial charge is 0.370 e. The summed E-state index contributed by atoms with van der Waals surface area (Å²) in [5, 5.41) is 13.4. The van der Waals surface area contributed by atoms with Crippen LogP contribution in [0.5, 0.6) is 0 Å². The van der Waals surface area contributed by atoms with Crippen molar-refractivity contribution < 1.29 is 24.0 Å². The third-order valence-corrected chi connectivity index (χ3v) is 7.89. The molecule has 2 rings (SSSR count). The zero-order valence-corrected chi connectivity index (χ0v) is 27.0. The molecule has 13 nitrogen and oxygen atoms in total. The lowest BCUT2D eigenvalue weighted by atomic mass is 10.0. The third-order valence-electron chi connectivity index (χ3n) is 7.19. The molecule has 1 aromatic carbocycles. The maximum atomic E-state index is 13.7. The first-order valence-electron chi connectivity index (χ1n) is 15.2. The highest BCUT2D eigenvalue weighted by atomic mass is 32.2. The number of nitrogens with two attached hydrogens (primary N) is 2. The van der Waals surface area contributed by atoms with Crippen LogP contribution in [0.4, 0.5) is 0 Å². The normalized spacial score (nSPS) is 21.6. The number of rotatable bonds is 14. The summed E-state index contributed by atoms with van der Waals surface area (Å²) in [6.07, 6.45) is 6.27. The number of nitrogens with zero attached hydrogens (tertiary/aromatic N) is 1. The second kappa shape index (κ2) is 20.1. The van der Waals surface area contributed by atoms with Crippen molar-refractivity contribution >= 4 is 47.3 Å². The summed E-state index contributed by atoms with van der Waals surface area (Å²) >= 11 is 1.72. The van der Waals surface area contributed by atoms with Gasteiger partial charge in [-0.05, 0) is 50.8 Å². The molecular formula is C31H48N8O5S. The first-order valence-corrected chi connectivity index (χ1v) is 16.6. The summed E-state index contributed by atoms with van der Waals surface area (Å²) in [5.41, 5.74) is 12.8. The molecule has 1 aliphatic rings. The summed E-state index contributed by atoms with van der Waals surface area (Å²) in [7, 11) is 0. The lowest BCUT2D eigenvalue weighted by Gasteiger charge is -2.25. The van der Waals surface area contributed by atoms with Crippen molar-refractivity contribution in [2.24, 2.45) is 16.5 Å². The van der Waals surface area contributed by atoms with E-state index in [2.05, 4.69) is 38.2 Å². The van der Waals surface area contributed by atoms with E-state index < -0.39 is 60.2 Å². The molecule has 4 atom stereocenters. The second-order valence-electron chi connectivity index (χ2n) is 11.1. The van der Waals surface area contributed by atoms with Crippen molar-refractivity contribution in [2.45, 2.75) is 82.5 Å². The van der Waals surface area contributed by atoms with Gasteiger partial charge < -0.3 is 38.1 Å². The molecule has 1 aliphatic heterocycles. The fourth-order valence-corrected chi connectivity index (χ4v) is 5.32. The summed E-state index contributed by atoms with van der Waals surface area (Å²) < 4.78 is 0. The van der Waals surface area contributed by atoms with Crippen LogP contribution in [-0.2, 0) is 30.4 Å². The van der Waals surface area contributed by atoms with E-state index in [1.807, 2.05) is 36.6 Å². The van der Waals surface area contributed by atoms with E-state index in [1.165, 1.54) is 6.92 Å². The predicted molar refractivity (Wildman–Crippen MR) is 177 cm³/mol. The molecule has 1 heterocycles. The minimum absolute atomic E-state index is 0.0932. The van der Waals surface area contributed by atoms with Gasteiger partial charge in [-0.15, -0.1) is 0 Å². The van der Waals surface area contributed by atoms with Gasteiger partial charge in [0.1, 0.15) is 24.2 Å². The van der Waals surface area contributed by atoms with Crippen LogP contribution in [0, 0.1) is 0 Å². The number of guanidine groups is 1. The van der Waals surface area contributed by atoms with Gasteiger partial charge in [0.25, 0.3) is 0 Å². The number of carbonyl (C=O) groups excluding carboxylic acids is 5. The first kappa shape index (κ1) is 37.1. The fraction of sp³-hybridized carbons (Fsp3) is 0.548. The molecule has 1 saturated heterocycles. The molecule has 1 fully saturated rings. The van der Waals surface area contributed by atoms with Gasteiger partial charge in [-0.1, -0.05) is 55.3 Å². The topological polar surface area (TPSA) is 210 Å². The SMILES string of the molecule is C=C(CCCCCC1NC(=O)[C@H](Cc2ccccc2)NC(=O)[C@@H](C)NC(=O)CNC(=O)[C@H](CCCN=C(N)N)NC1=O)CSC. The highest BCUT2D eigenvalue weighted by molar-refractivity contribution is 7.98. The summed E-state index contributed by atoms with van der Waals surface area (Å²) in [5.74, 6) is -2.07. The number of hydrogen-bond donors (Lipinski definition) is 7. The van der Waals surface area contributed by atoms with Gasteiger partial charge in [0, 0.05) is 18.7 Å². The number of aliphatic imine (C=N–C) groups is 1. The predicted octanol–water partition coefficient (Wildman–Crippen LogP) is 0.241. The Morgan fingerprint density at radius 2 is 1.47 bits per heavy atom. The van der Waals surface area contributed by atoms with Crippen molar-refractivity contribution in [3.05, 3.63) is 48.0 Å². The van der Waals surface area contributed by atoms with Crippen LogP contribution in [-0.4, -0.2) is 84.8 Å². The van der Waals surface area contributed by atoms with Crippen LogP contribution in [0.25, 0.3) is 0 Å². The Labute approximate surface area is 269 Å². The van der Waals surface area contributed by atoms with Crippen LogP contribution in [0.3, 0.4) is 0 Å². The molecule has 1 unspecified atom stereocenters. The number of unbranched alkanes of at least 4 members (excludes halogenated alkanes) is 2. The highest BCUT2D eigenvalue weighted by Crippen LogP contribution is 2.14. The minimum Gasteiger partial charge on any atom is -0.370 e. The van der Waals surface area contributed by atoms with Crippen LogP contribution >= 0.6 is 11.8 Å². The van der Waals surface area contributed by atoms with Crippen molar-refractivity contribution in [1.29, 1.82) is 0 Å². The smallest absolute Gasteiger partial charge is 0.243 e. The number of thioether (sulfide) groups is 1. The lowest BCUT2D eigenvalue weighted by molar-refractivity contribution is -0.134. The van der Waals surface area contributed by atoms with Crippen molar-refractivity contribution in [3.8, 4) is 0 Å². The Bertz CT molecular complexity index is 1190. The Balaban J connectivity index is 2.32. The van der Waals surface area contributed by atoms with Crippen LogP contribution in [0.15, 0.2) is 47.5 Å². The van der Waals surface area contributed by atoms with E-state index in [-0.39, 0.29) is 25.3 Å². The Hall–Kier alpha value is -4.07. The lowest BCUT2D eigenvalue weighted by Crippen LogP contribution is -2.57. The number of nitrogens with one attached hydrogen (secondary N) is 5. The quantitative estimate of drug-likeness (QED) is 0.0644. The number of carbonyl (C=O) groups is 5. The molecule has 14 heteroatoms. The van der Waals surface area contributed by atoms with Gasteiger partial charge in [0.2, 0.25) is 29.5 Å². The van der Waals surface area contributed by atoms with Gasteiger partial charge in [-0.3, -0.25) is 29.0 Å². The average Bonchev–Trinajstić information content (AvgIpc) is 3.00. The van der Waals surface area contributed by atoms with Crippen molar-refractivity contribution in [1.82, 2.24) is 26.6 Å². The van der Waals surface area contributed by atoms with Crippen molar-refractivity contribution in [3.63, 3.8) is 0 Å². The van der Waals surface area contributed by atoms with Crippen molar-refractivity contribution in [2.75, 3.05) is 25.1 Å². The van der Waals surface area contributed by atoms with Gasteiger partial charge in [0.15, 0.2) is 5.96 Å². The zero-order chi connectivity index (χ0) is 33.2. The molecule has 0 spiro atoms. The minimum atomic E-state index is -1.02. The van der Waals surface area contributed by atoms with E-state index in [9.17, 15) is 24.0 Å². The first-order chi connectivity index (χ1) is 21.5. The highest BCUT2D eigenvalue weighted by Gasteiger charge is 2.31. The number of hydrogen-bond acceptors (Lipinski definition) is 7. The van der Waals surface area contributed by atoms with E-state index >= 15 is 0 Å². The molecule has 9 N–H and O–H groups in total. The summed E-state index contributed by atoms with van der Waals surface area (Å²) in [6.45, 7) is 5.39. The maximum absolute atomic E-state index is 13.7. The van der Waals surface area contributed by atoms with Gasteiger partial charge >= 0.3 is 0 Å². The monoisotopic (exact) mass is 644 g/mol. The van der Waals surface area contributed by atoms with E-state index in [4.69, 9.17) is 11.5 Å². The molecular weight excluding hydrogens is 596 g/mol. The standard InChI is InChI=1S/C31H48N8O5S/c1-20(19-45-3)11-6-4-9-14-24-29(43)37-23(15-10-16-34-31(32)33)28(42)35-18-26(40)36-21(2)27(41)39-25(30(44)38-24)17-22-12-7-5-8-13-22/h5,7-8,12-13,21,23-25H,1,4,6,9-11,14-19H2,2-3H3,(H,35,42)(H,36,40)(H,37,43)(H,38,44)(H,39,41)(H4,32,33,34)/t21-,23+,24?,25+/m1/s1. The summed E-state index contributed by atoms with van der Waals surface area (Å²) in [4.78, 5) is 69.9. The van der Waals surface area contributed by atoms with Gasteiger partial charge in [0.05, 0.1) is 6.54 Å². The molecule has 45 heavy (non-hydrogen) atoms. The van der Waals surface area contributed by atoms with Gasteiger partial charge in [-0.2, -0.15) is 11.8 Å². The Morgan fingerprint density at radius 3 is 2.13 bits per heavy atom. The van der Waals surface area contributed by atoms with E-state index in [1.54, 1.807) is 11.8 Å². The summed E-state index contributed by atoms with van der Waals surface area (Å²) in [6, 6.07) is 5.16. The molecule has 0 bridgehead atoms. The molecule has 0 saturated carbocycles. The fourth-order valence-electron chi connectivity index (χ4n) is 4.77.